The average Bonchev–Trinajstić information content (AvgIpc) is 2.90. The Morgan fingerprint density at radius 1 is 0.892 bits per heavy atom. The number of carbonyl (C=O) groups excluding carboxylic acids is 1. The van der Waals surface area contributed by atoms with Crippen LogP contribution in [0.4, 0.5) is 22.7 Å². The van der Waals surface area contributed by atoms with Gasteiger partial charge in [0.15, 0.2) is 5.78 Å². The third-order valence-corrected chi connectivity index (χ3v) is 7.06. The Bertz CT molecular complexity index is 1590. The molecular weight excluding hydrogens is 518 g/mol. The smallest absolute Gasteiger partial charge is 0.293 e. The summed E-state index contributed by atoms with van der Waals surface area (Å²) in [5.41, 5.74) is 0.682. The van der Waals surface area contributed by atoms with Gasteiger partial charge in [0.1, 0.15) is 16.3 Å². The maximum Gasteiger partial charge on any atom is 0.293 e. The minimum absolute atomic E-state index is 0.0587. The number of methoxy groups -OCH3 is 1. The van der Waals surface area contributed by atoms with Crippen LogP contribution in [0.15, 0.2) is 95.9 Å². The number of ketones is 1. The van der Waals surface area contributed by atoms with Crippen LogP contribution in [-0.4, -0.2) is 26.2 Å². The van der Waals surface area contributed by atoms with E-state index in [1.54, 1.807) is 48.5 Å². The summed E-state index contributed by atoms with van der Waals surface area (Å²) >= 11 is 6.09. The summed E-state index contributed by atoms with van der Waals surface area (Å²) in [5, 5.41) is 14.9. The molecule has 4 aromatic rings. The maximum atomic E-state index is 13.1. The molecule has 0 amide bonds. The second kappa shape index (κ2) is 10.7. The molecule has 0 bridgehead atoms. The number of benzene rings is 4. The summed E-state index contributed by atoms with van der Waals surface area (Å²) in [4.78, 5) is 23.7. The fraction of sp³-hybridized carbons (Fsp3) is 0.0385. The van der Waals surface area contributed by atoms with Gasteiger partial charge in [0.25, 0.3) is 15.7 Å². The van der Waals surface area contributed by atoms with Gasteiger partial charge in [-0.2, -0.15) is 0 Å². The fourth-order valence-electron chi connectivity index (χ4n) is 3.55. The Balaban J connectivity index is 1.68. The van der Waals surface area contributed by atoms with Crippen molar-refractivity contribution in [2.24, 2.45) is 0 Å². The zero-order chi connectivity index (χ0) is 26.6. The number of hydrogen-bond acceptors (Lipinski definition) is 7. The summed E-state index contributed by atoms with van der Waals surface area (Å²) < 4.78 is 33.9. The highest BCUT2D eigenvalue weighted by molar-refractivity contribution is 7.92. The number of rotatable bonds is 9. The molecule has 0 unspecified atom stereocenters. The van der Waals surface area contributed by atoms with Crippen molar-refractivity contribution in [2.45, 2.75) is 4.90 Å². The molecule has 188 valence electrons. The first kappa shape index (κ1) is 25.7. The second-order valence-electron chi connectivity index (χ2n) is 7.76. The third kappa shape index (κ3) is 5.71. The van der Waals surface area contributed by atoms with Crippen LogP contribution in [-0.2, 0) is 10.0 Å². The van der Waals surface area contributed by atoms with Gasteiger partial charge in [-0.1, -0.05) is 54.1 Å². The molecule has 0 saturated heterocycles. The minimum atomic E-state index is -4.15. The van der Waals surface area contributed by atoms with Gasteiger partial charge in [0, 0.05) is 22.9 Å². The number of ether oxygens (including phenoxy) is 1. The van der Waals surface area contributed by atoms with E-state index in [-0.39, 0.29) is 49.8 Å². The lowest BCUT2D eigenvalue weighted by Gasteiger charge is -2.15. The van der Waals surface area contributed by atoms with Gasteiger partial charge < -0.3 is 10.1 Å². The van der Waals surface area contributed by atoms with Gasteiger partial charge in [-0.15, -0.1) is 0 Å². The molecule has 11 heteroatoms. The normalized spacial score (nSPS) is 11.0. The van der Waals surface area contributed by atoms with Crippen LogP contribution in [0.2, 0.25) is 5.02 Å². The van der Waals surface area contributed by atoms with Crippen molar-refractivity contribution < 1.29 is 22.9 Å². The van der Waals surface area contributed by atoms with Gasteiger partial charge in [0.05, 0.1) is 22.7 Å². The number of nitrogens with one attached hydrogen (secondary N) is 2. The van der Waals surface area contributed by atoms with Crippen LogP contribution in [0.3, 0.4) is 0 Å². The summed E-state index contributed by atoms with van der Waals surface area (Å²) in [6, 6.07) is 23.0. The molecular formula is C26H20ClN3O6S. The standard InChI is InChI=1S/C26H20ClN3O6S/c1-36-24-14-12-19(16-25(24)37(34,35)29-21-10-6-5-9-20(21)27)28-22-13-11-18(15-23(22)30(32)33)26(31)17-7-3-2-4-8-17/h2-16,28-29H,1H3. The zero-order valence-corrected chi connectivity index (χ0v) is 20.9. The molecule has 2 N–H and O–H groups in total. The van der Waals surface area contributed by atoms with E-state index in [1.807, 2.05) is 0 Å². The lowest BCUT2D eigenvalue weighted by molar-refractivity contribution is -0.383. The Labute approximate surface area is 217 Å². The van der Waals surface area contributed by atoms with Gasteiger partial charge in [-0.3, -0.25) is 19.6 Å². The summed E-state index contributed by atoms with van der Waals surface area (Å²) in [5.74, 6) is -0.304. The van der Waals surface area contributed by atoms with E-state index in [9.17, 15) is 23.3 Å². The number of sulfonamides is 1. The molecule has 0 aliphatic carbocycles. The van der Waals surface area contributed by atoms with E-state index >= 15 is 0 Å². The van der Waals surface area contributed by atoms with Crippen molar-refractivity contribution in [2.75, 3.05) is 17.1 Å². The molecule has 0 aliphatic heterocycles. The molecule has 0 aliphatic rings. The van der Waals surface area contributed by atoms with Gasteiger partial charge >= 0.3 is 0 Å². The topological polar surface area (TPSA) is 128 Å². The molecule has 0 saturated carbocycles. The van der Waals surface area contributed by atoms with Crippen molar-refractivity contribution in [3.05, 3.63) is 117 Å². The van der Waals surface area contributed by atoms with Gasteiger partial charge in [-0.25, -0.2) is 8.42 Å². The molecule has 0 spiro atoms. The first-order valence-corrected chi connectivity index (χ1v) is 12.7. The van der Waals surface area contributed by atoms with Gasteiger partial charge in [-0.05, 0) is 42.5 Å². The Morgan fingerprint density at radius 2 is 1.59 bits per heavy atom. The zero-order valence-electron chi connectivity index (χ0n) is 19.3. The molecule has 0 heterocycles. The van der Waals surface area contributed by atoms with E-state index in [0.717, 1.165) is 0 Å². The highest BCUT2D eigenvalue weighted by Crippen LogP contribution is 2.34. The van der Waals surface area contributed by atoms with E-state index in [2.05, 4.69) is 10.0 Å². The van der Waals surface area contributed by atoms with Crippen LogP contribution in [0.1, 0.15) is 15.9 Å². The van der Waals surface area contributed by atoms with Gasteiger partial charge in [0.2, 0.25) is 0 Å². The number of carbonyl (C=O) groups is 1. The first-order chi connectivity index (χ1) is 17.7. The number of nitro groups is 1. The Kier molecular flexibility index (Phi) is 7.42. The van der Waals surface area contributed by atoms with Crippen molar-refractivity contribution in [3.8, 4) is 5.75 Å². The molecule has 0 atom stereocenters. The molecule has 0 radical (unpaired) electrons. The van der Waals surface area contributed by atoms with Crippen molar-refractivity contribution >= 4 is 50.2 Å². The average molecular weight is 538 g/mol. The van der Waals surface area contributed by atoms with Crippen molar-refractivity contribution in [1.82, 2.24) is 0 Å². The summed E-state index contributed by atoms with van der Waals surface area (Å²) in [7, 11) is -2.82. The molecule has 0 aromatic heterocycles. The van der Waals surface area contributed by atoms with Crippen LogP contribution >= 0.6 is 11.6 Å². The number of nitro benzene ring substituents is 1. The van der Waals surface area contributed by atoms with Crippen LogP contribution in [0.5, 0.6) is 5.75 Å². The number of para-hydroxylation sites is 1. The Morgan fingerprint density at radius 3 is 2.27 bits per heavy atom. The van der Waals surface area contributed by atoms with Crippen LogP contribution in [0.25, 0.3) is 0 Å². The Hall–Kier alpha value is -4.41. The largest absolute Gasteiger partial charge is 0.495 e. The predicted molar refractivity (Wildman–Crippen MR) is 142 cm³/mol. The SMILES string of the molecule is COc1ccc(Nc2ccc(C(=O)c3ccccc3)cc2[N+](=O)[O-])cc1S(=O)(=O)Nc1ccccc1Cl. The highest BCUT2D eigenvalue weighted by Gasteiger charge is 2.23. The molecule has 4 aromatic carbocycles. The number of hydrogen-bond donors (Lipinski definition) is 2. The minimum Gasteiger partial charge on any atom is -0.495 e. The highest BCUT2D eigenvalue weighted by atomic mass is 35.5. The quantitative estimate of drug-likeness (QED) is 0.151. The second-order valence-corrected chi connectivity index (χ2v) is 9.82. The van der Waals surface area contributed by atoms with Crippen LogP contribution < -0.4 is 14.8 Å². The van der Waals surface area contributed by atoms with E-state index < -0.39 is 14.9 Å². The molecule has 0 fully saturated rings. The monoisotopic (exact) mass is 537 g/mol. The summed E-state index contributed by atoms with van der Waals surface area (Å²) in [6.45, 7) is 0. The lowest BCUT2D eigenvalue weighted by Crippen LogP contribution is -2.14. The first-order valence-electron chi connectivity index (χ1n) is 10.8. The van der Waals surface area contributed by atoms with Crippen molar-refractivity contribution in [3.63, 3.8) is 0 Å². The van der Waals surface area contributed by atoms with E-state index in [4.69, 9.17) is 16.3 Å². The molecule has 9 nitrogen and oxygen atoms in total. The molecule has 37 heavy (non-hydrogen) atoms. The lowest BCUT2D eigenvalue weighted by atomic mass is 10.0. The third-order valence-electron chi connectivity index (χ3n) is 5.34. The predicted octanol–water partition coefficient (Wildman–Crippen LogP) is 6.03. The number of anilines is 3. The van der Waals surface area contributed by atoms with E-state index in [1.165, 1.54) is 49.6 Å². The van der Waals surface area contributed by atoms with Crippen molar-refractivity contribution in [1.29, 1.82) is 0 Å². The number of nitrogens with zero attached hydrogens (tertiary/aromatic N) is 1. The summed E-state index contributed by atoms with van der Waals surface area (Å²) in [6.07, 6.45) is 0. The molecule has 4 rings (SSSR count). The fourth-order valence-corrected chi connectivity index (χ4v) is 5.06. The number of halogens is 1. The maximum absolute atomic E-state index is 13.1. The van der Waals surface area contributed by atoms with E-state index in [0.29, 0.717) is 5.56 Å². The van der Waals surface area contributed by atoms with Crippen LogP contribution in [0, 0.1) is 10.1 Å².